The maximum Gasteiger partial charge on any atom is 0.284 e. The monoisotopic (exact) mass is 530 g/mol. The molecule has 0 N–H and O–H groups in total. The maximum absolute atomic E-state index is 14.1. The van der Waals surface area contributed by atoms with E-state index < -0.39 is 6.43 Å². The number of ether oxygens (including phenoxy) is 2. The number of piperidine rings is 1. The van der Waals surface area contributed by atoms with Crippen LogP contribution in [0.15, 0.2) is 35.4 Å². The summed E-state index contributed by atoms with van der Waals surface area (Å²) in [6.07, 6.45) is 14.1. The second-order valence-corrected chi connectivity index (χ2v) is 10.8. The second-order valence-electron chi connectivity index (χ2n) is 10.8. The van der Waals surface area contributed by atoms with Gasteiger partial charge in [-0.15, -0.1) is 0 Å². The highest BCUT2D eigenvalue weighted by Crippen LogP contribution is 2.38. The van der Waals surface area contributed by atoms with Crippen LogP contribution in [-0.2, 0) is 14.3 Å². The van der Waals surface area contributed by atoms with Gasteiger partial charge in [-0.05, 0) is 69.9 Å². The molecule has 11 heteroatoms. The first-order chi connectivity index (χ1) is 18.6. The Labute approximate surface area is 221 Å². The zero-order chi connectivity index (χ0) is 26.1. The minimum Gasteiger partial charge on any atom is -0.354 e. The first kappa shape index (κ1) is 25.5. The minimum absolute atomic E-state index is 0.0299. The van der Waals surface area contributed by atoms with Crippen molar-refractivity contribution >= 4 is 17.8 Å². The van der Waals surface area contributed by atoms with Crippen LogP contribution in [0.4, 0.5) is 14.5 Å². The van der Waals surface area contributed by atoms with E-state index in [1.54, 1.807) is 15.9 Å². The summed E-state index contributed by atoms with van der Waals surface area (Å²) in [5.74, 6) is 1.65. The third kappa shape index (κ3) is 5.22. The number of aldehydes is 1. The van der Waals surface area contributed by atoms with Gasteiger partial charge in [-0.2, -0.15) is 5.10 Å². The Morgan fingerprint density at radius 1 is 1.11 bits per heavy atom. The number of aliphatic imine (C=N–C) groups is 1. The molecule has 38 heavy (non-hydrogen) atoms. The lowest BCUT2D eigenvalue weighted by Crippen LogP contribution is -2.45. The first-order valence-corrected chi connectivity index (χ1v) is 14.0. The number of nitrogens with zero attached hydrogens (tertiary/aromatic N) is 6. The first-order valence-electron chi connectivity index (χ1n) is 14.0. The van der Waals surface area contributed by atoms with Crippen molar-refractivity contribution in [3.8, 4) is 0 Å². The van der Waals surface area contributed by atoms with Crippen LogP contribution < -0.4 is 5.01 Å². The number of alkyl halides is 2. The highest BCUT2D eigenvalue weighted by atomic mass is 19.3. The Morgan fingerprint density at radius 3 is 2.74 bits per heavy atom. The Bertz CT molecular complexity index is 1090. The van der Waals surface area contributed by atoms with Gasteiger partial charge in [0.25, 0.3) is 6.43 Å². The van der Waals surface area contributed by atoms with E-state index in [0.717, 1.165) is 95.4 Å². The standard InChI is InChI=1S/C27H36F2N6O3/c28-27(29)26-22(17-33(31-26)20-8-6-19(18-36)7-9-20)34-13-11-24-30-23(10-14-35(24)34)32-12-3-4-21(16-32)38-25-5-1-2-15-37-25/h10-11,14,17-21,25,27H,1-9,12-13,15-16H2/t19?,20?,21-,25?/m0/s1. The molecule has 1 saturated carbocycles. The van der Waals surface area contributed by atoms with Gasteiger partial charge in [-0.1, -0.05) is 0 Å². The number of anilines is 1. The Morgan fingerprint density at radius 2 is 1.97 bits per heavy atom. The molecular formula is C27H36F2N6O3. The van der Waals surface area contributed by atoms with Gasteiger partial charge >= 0.3 is 0 Å². The summed E-state index contributed by atoms with van der Waals surface area (Å²) in [6, 6.07) is 0.0299. The van der Waals surface area contributed by atoms with E-state index in [1.807, 2.05) is 23.4 Å². The van der Waals surface area contributed by atoms with E-state index >= 15 is 0 Å². The Balaban J connectivity index is 1.13. The smallest absolute Gasteiger partial charge is 0.284 e. The molecular weight excluding hydrogens is 494 g/mol. The van der Waals surface area contributed by atoms with Gasteiger partial charge in [-0.25, -0.2) is 18.8 Å². The number of hydrogen-bond donors (Lipinski definition) is 0. The zero-order valence-electron chi connectivity index (χ0n) is 21.6. The molecule has 1 unspecified atom stereocenters. The lowest BCUT2D eigenvalue weighted by molar-refractivity contribution is -0.194. The fourth-order valence-corrected chi connectivity index (χ4v) is 6.14. The number of carbonyl (C=O) groups excluding carboxylic acids is 1. The molecule has 2 atom stereocenters. The van der Waals surface area contributed by atoms with Crippen molar-refractivity contribution in [2.45, 2.75) is 82.6 Å². The van der Waals surface area contributed by atoms with Crippen molar-refractivity contribution < 1.29 is 23.0 Å². The van der Waals surface area contributed by atoms with Gasteiger partial charge in [-0.3, -0.25) is 9.69 Å². The van der Waals surface area contributed by atoms with E-state index in [4.69, 9.17) is 14.5 Å². The molecule has 0 aromatic carbocycles. The van der Waals surface area contributed by atoms with Crippen molar-refractivity contribution in [2.24, 2.45) is 10.9 Å². The van der Waals surface area contributed by atoms with E-state index in [2.05, 4.69) is 10.00 Å². The quantitative estimate of drug-likeness (QED) is 0.499. The molecule has 2 saturated heterocycles. The summed E-state index contributed by atoms with van der Waals surface area (Å²) >= 11 is 0. The number of hydrazine groups is 1. The zero-order valence-corrected chi connectivity index (χ0v) is 21.6. The second kappa shape index (κ2) is 11.1. The SMILES string of the molecule is O=CC1CCC(n2cc(N3CC=C4N=C(N5CCC[C@H](OC6CCCCO6)C5)C=CN43)c(C(F)F)n2)CC1. The average Bonchev–Trinajstić information content (AvgIpc) is 3.58. The van der Waals surface area contributed by atoms with E-state index in [9.17, 15) is 13.6 Å². The average molecular weight is 531 g/mol. The summed E-state index contributed by atoms with van der Waals surface area (Å²) in [4.78, 5) is 18.2. The highest BCUT2D eigenvalue weighted by Gasteiger charge is 2.34. The number of aromatic nitrogens is 2. The number of carbonyl (C=O) groups is 1. The van der Waals surface area contributed by atoms with Crippen LogP contribution in [0.1, 0.15) is 75.9 Å². The molecule has 9 nitrogen and oxygen atoms in total. The molecule has 6 rings (SSSR count). The van der Waals surface area contributed by atoms with Gasteiger partial charge in [0.2, 0.25) is 0 Å². The molecule has 4 aliphatic heterocycles. The summed E-state index contributed by atoms with van der Waals surface area (Å²) in [5.41, 5.74) is 0.173. The summed E-state index contributed by atoms with van der Waals surface area (Å²) in [6.45, 7) is 2.86. The van der Waals surface area contributed by atoms with Gasteiger partial charge in [0.15, 0.2) is 17.8 Å². The maximum atomic E-state index is 14.1. The molecule has 1 aliphatic carbocycles. The largest absolute Gasteiger partial charge is 0.354 e. The van der Waals surface area contributed by atoms with E-state index in [1.165, 1.54) is 0 Å². The van der Waals surface area contributed by atoms with Crippen LogP contribution in [0, 0.1) is 5.92 Å². The van der Waals surface area contributed by atoms with Crippen molar-refractivity contribution in [2.75, 3.05) is 31.3 Å². The van der Waals surface area contributed by atoms with Gasteiger partial charge < -0.3 is 19.2 Å². The topological polar surface area (TPSA) is 75.4 Å². The molecule has 3 fully saturated rings. The van der Waals surface area contributed by atoms with Crippen LogP contribution >= 0.6 is 0 Å². The number of amidine groups is 1. The molecule has 206 valence electrons. The summed E-state index contributed by atoms with van der Waals surface area (Å²) in [7, 11) is 0. The van der Waals surface area contributed by atoms with Crippen LogP contribution in [0.3, 0.4) is 0 Å². The highest BCUT2D eigenvalue weighted by molar-refractivity contribution is 5.94. The molecule has 1 aromatic rings. The van der Waals surface area contributed by atoms with Crippen molar-refractivity contribution in [1.29, 1.82) is 0 Å². The molecule has 0 amide bonds. The normalized spacial score (nSPS) is 29.9. The number of hydrogen-bond acceptors (Lipinski definition) is 8. The van der Waals surface area contributed by atoms with Crippen molar-refractivity contribution in [1.82, 2.24) is 19.7 Å². The summed E-state index contributed by atoms with van der Waals surface area (Å²) < 4.78 is 41.8. The van der Waals surface area contributed by atoms with Crippen LogP contribution in [0.2, 0.25) is 0 Å². The number of likely N-dealkylation sites (tertiary alicyclic amines) is 1. The minimum atomic E-state index is -2.69. The molecule has 0 spiro atoms. The number of rotatable bonds is 6. The Hall–Kier alpha value is -2.79. The van der Waals surface area contributed by atoms with Crippen LogP contribution in [0.25, 0.3) is 0 Å². The van der Waals surface area contributed by atoms with Gasteiger partial charge in [0.05, 0.1) is 24.9 Å². The lowest BCUT2D eigenvalue weighted by atomic mass is 9.87. The fraction of sp³-hybridized carbons (Fsp3) is 0.667. The summed E-state index contributed by atoms with van der Waals surface area (Å²) in [5, 5.41) is 7.94. The number of fused-ring (bicyclic) bond motifs is 1. The van der Waals surface area contributed by atoms with E-state index in [0.29, 0.717) is 12.2 Å². The van der Waals surface area contributed by atoms with Crippen LogP contribution in [0.5, 0.6) is 0 Å². The third-order valence-corrected chi connectivity index (χ3v) is 8.25. The molecule has 5 heterocycles. The fourth-order valence-electron chi connectivity index (χ4n) is 6.14. The molecule has 1 aromatic heterocycles. The third-order valence-electron chi connectivity index (χ3n) is 8.25. The molecule has 0 radical (unpaired) electrons. The predicted molar refractivity (Wildman–Crippen MR) is 137 cm³/mol. The number of halogens is 2. The molecule has 0 bridgehead atoms. The lowest BCUT2D eigenvalue weighted by Gasteiger charge is -2.38. The van der Waals surface area contributed by atoms with Crippen LogP contribution in [-0.4, -0.2) is 70.4 Å². The van der Waals surface area contributed by atoms with E-state index in [-0.39, 0.29) is 30.0 Å². The Kier molecular flexibility index (Phi) is 7.47. The van der Waals surface area contributed by atoms with Crippen molar-refractivity contribution in [3.05, 3.63) is 36.1 Å². The van der Waals surface area contributed by atoms with Gasteiger partial charge in [0, 0.05) is 31.8 Å². The molecule has 5 aliphatic rings. The van der Waals surface area contributed by atoms with Crippen molar-refractivity contribution in [3.63, 3.8) is 0 Å². The predicted octanol–water partition coefficient (Wildman–Crippen LogP) is 4.56. The van der Waals surface area contributed by atoms with Gasteiger partial charge in [0.1, 0.15) is 17.8 Å².